The molecule has 1 atom stereocenters. The Hall–Kier alpha value is -0.500. The zero-order valence-corrected chi connectivity index (χ0v) is 23.8. The Kier molecular flexibility index (Phi) is 30.1. The Balaban J connectivity index is 3.03. The number of allylic oxidation sites excluding steroid dienone is 1. The number of unbranched alkanes of at least 4 members (excludes halogenated alkanes) is 26. The van der Waals surface area contributed by atoms with Gasteiger partial charge < -0.3 is 10.4 Å². The van der Waals surface area contributed by atoms with Crippen molar-refractivity contribution in [3.8, 4) is 0 Å². The molecule has 204 valence electrons. The molecule has 0 spiro atoms. The Bertz CT molecular complexity index is 379. The van der Waals surface area contributed by atoms with Gasteiger partial charge in [0.05, 0.1) is 0 Å². The molecule has 0 saturated heterocycles. The second-order valence-corrected chi connectivity index (χ2v) is 10.9. The summed E-state index contributed by atoms with van der Waals surface area (Å²) in [6.07, 6.45) is 42.3. The average Bonchev–Trinajstić information content (AvgIpc) is 2.83. The lowest BCUT2D eigenvalue weighted by Crippen LogP contribution is -2.18. The van der Waals surface area contributed by atoms with Gasteiger partial charge in [-0.25, -0.2) is 0 Å². The van der Waals surface area contributed by atoms with Crippen LogP contribution in [0.5, 0.6) is 0 Å². The fraction of sp³-hybridized carbons (Fsp3) is 0.938. The second-order valence-electron chi connectivity index (χ2n) is 10.9. The van der Waals surface area contributed by atoms with E-state index in [0.29, 0.717) is 0 Å². The Labute approximate surface area is 216 Å². The lowest BCUT2D eigenvalue weighted by atomic mass is 10.0. The first kappa shape index (κ1) is 33.5. The van der Waals surface area contributed by atoms with Crippen LogP contribution in [0.2, 0.25) is 0 Å². The topological polar surface area (TPSA) is 32.3 Å². The maximum atomic E-state index is 9.09. The molecule has 0 aromatic carbocycles. The SMILES string of the molecule is CCCCCCCCCCCCCCCCCCCCCCCCCCCCC=CNC(C)O. The lowest BCUT2D eigenvalue weighted by molar-refractivity contribution is 0.173. The summed E-state index contributed by atoms with van der Waals surface area (Å²) >= 11 is 0. The van der Waals surface area contributed by atoms with Crippen molar-refractivity contribution in [3.63, 3.8) is 0 Å². The molecule has 0 aliphatic rings. The number of nitrogens with one attached hydrogen (secondary N) is 1. The van der Waals surface area contributed by atoms with Crippen molar-refractivity contribution in [2.24, 2.45) is 0 Å². The van der Waals surface area contributed by atoms with Crippen molar-refractivity contribution < 1.29 is 5.11 Å². The van der Waals surface area contributed by atoms with Crippen molar-refractivity contribution in [1.29, 1.82) is 0 Å². The lowest BCUT2D eigenvalue weighted by Gasteiger charge is -2.04. The van der Waals surface area contributed by atoms with E-state index in [1.54, 1.807) is 6.92 Å². The highest BCUT2D eigenvalue weighted by Crippen LogP contribution is 2.16. The Morgan fingerprint density at radius 2 is 0.735 bits per heavy atom. The van der Waals surface area contributed by atoms with E-state index in [9.17, 15) is 0 Å². The standard InChI is InChI=1S/C32H65NO/c1-3-4-5-6-7-8-9-10-11-12-13-14-15-16-17-18-19-20-21-22-23-24-25-26-27-28-29-30-31-33-32(2)34/h30-34H,3-29H2,1-2H3. The zero-order chi connectivity index (χ0) is 24.8. The molecular formula is C32H65NO. The van der Waals surface area contributed by atoms with E-state index in [1.807, 2.05) is 6.20 Å². The van der Waals surface area contributed by atoms with Gasteiger partial charge in [-0.15, -0.1) is 0 Å². The van der Waals surface area contributed by atoms with E-state index >= 15 is 0 Å². The first-order valence-electron chi connectivity index (χ1n) is 15.9. The molecule has 2 N–H and O–H groups in total. The van der Waals surface area contributed by atoms with E-state index in [0.717, 1.165) is 6.42 Å². The van der Waals surface area contributed by atoms with Gasteiger partial charge in [0.2, 0.25) is 0 Å². The summed E-state index contributed by atoms with van der Waals surface area (Å²) in [5.41, 5.74) is 0. The molecule has 0 amide bonds. The van der Waals surface area contributed by atoms with E-state index in [-0.39, 0.29) is 0 Å². The molecule has 0 saturated carbocycles. The highest BCUT2D eigenvalue weighted by Gasteiger charge is 1.96. The van der Waals surface area contributed by atoms with Crippen LogP contribution in [0.25, 0.3) is 0 Å². The second kappa shape index (κ2) is 30.5. The third-order valence-electron chi connectivity index (χ3n) is 7.18. The van der Waals surface area contributed by atoms with Crippen molar-refractivity contribution >= 4 is 0 Å². The molecule has 34 heavy (non-hydrogen) atoms. The number of hydrogen-bond acceptors (Lipinski definition) is 2. The molecule has 2 nitrogen and oxygen atoms in total. The van der Waals surface area contributed by atoms with E-state index in [2.05, 4.69) is 18.3 Å². The van der Waals surface area contributed by atoms with E-state index in [4.69, 9.17) is 5.11 Å². The van der Waals surface area contributed by atoms with Gasteiger partial charge in [0, 0.05) is 0 Å². The van der Waals surface area contributed by atoms with Gasteiger partial charge in [0.25, 0.3) is 0 Å². The third kappa shape index (κ3) is 31.5. The first-order chi connectivity index (χ1) is 16.8. The van der Waals surface area contributed by atoms with Gasteiger partial charge in [-0.3, -0.25) is 0 Å². The Morgan fingerprint density at radius 3 is 1.00 bits per heavy atom. The van der Waals surface area contributed by atoms with E-state index in [1.165, 1.54) is 167 Å². The number of aliphatic hydroxyl groups excluding tert-OH is 1. The molecule has 0 aliphatic heterocycles. The van der Waals surface area contributed by atoms with Crippen LogP contribution in [0.1, 0.15) is 187 Å². The smallest absolute Gasteiger partial charge is 0.121 e. The molecule has 1 unspecified atom stereocenters. The third-order valence-corrected chi connectivity index (χ3v) is 7.18. The molecule has 0 aliphatic carbocycles. The molecule has 0 fully saturated rings. The van der Waals surface area contributed by atoms with Gasteiger partial charge in [0.1, 0.15) is 6.23 Å². The molecule has 2 heteroatoms. The number of hydrogen-bond donors (Lipinski definition) is 2. The van der Waals surface area contributed by atoms with Gasteiger partial charge in [-0.05, 0) is 26.0 Å². The maximum absolute atomic E-state index is 9.09. The minimum Gasteiger partial charge on any atom is -0.374 e. The summed E-state index contributed by atoms with van der Waals surface area (Å²) in [4.78, 5) is 0. The van der Waals surface area contributed by atoms with Crippen molar-refractivity contribution in [2.45, 2.75) is 193 Å². The minimum atomic E-state index is -0.440. The summed E-state index contributed by atoms with van der Waals surface area (Å²) in [5.74, 6) is 0. The molecule has 0 radical (unpaired) electrons. The van der Waals surface area contributed by atoms with Crippen LogP contribution in [0.15, 0.2) is 12.3 Å². The average molecular weight is 480 g/mol. The van der Waals surface area contributed by atoms with Crippen molar-refractivity contribution in [1.82, 2.24) is 5.32 Å². The predicted molar refractivity (Wildman–Crippen MR) is 154 cm³/mol. The Morgan fingerprint density at radius 1 is 0.471 bits per heavy atom. The zero-order valence-electron chi connectivity index (χ0n) is 23.8. The van der Waals surface area contributed by atoms with Crippen LogP contribution in [0, 0.1) is 0 Å². The highest BCUT2D eigenvalue weighted by molar-refractivity contribution is 4.79. The summed E-state index contributed by atoms with van der Waals surface area (Å²) in [6, 6.07) is 0. The van der Waals surface area contributed by atoms with Crippen LogP contribution in [0.4, 0.5) is 0 Å². The first-order valence-corrected chi connectivity index (χ1v) is 15.9. The summed E-state index contributed by atoms with van der Waals surface area (Å²) in [5, 5.41) is 12.0. The molecule has 0 rings (SSSR count). The molecule has 0 aromatic rings. The van der Waals surface area contributed by atoms with Crippen molar-refractivity contribution in [2.75, 3.05) is 0 Å². The molecule has 0 aromatic heterocycles. The van der Waals surface area contributed by atoms with Gasteiger partial charge >= 0.3 is 0 Å². The van der Waals surface area contributed by atoms with Crippen molar-refractivity contribution in [3.05, 3.63) is 12.3 Å². The fourth-order valence-electron chi connectivity index (χ4n) is 4.87. The highest BCUT2D eigenvalue weighted by atomic mass is 16.3. The molecular weight excluding hydrogens is 414 g/mol. The largest absolute Gasteiger partial charge is 0.374 e. The van der Waals surface area contributed by atoms with Crippen LogP contribution < -0.4 is 5.32 Å². The monoisotopic (exact) mass is 480 g/mol. The normalized spacial score (nSPS) is 12.6. The van der Waals surface area contributed by atoms with Gasteiger partial charge in [-0.2, -0.15) is 0 Å². The quantitative estimate of drug-likeness (QED) is 0.0825. The summed E-state index contributed by atoms with van der Waals surface area (Å²) in [6.45, 7) is 4.04. The maximum Gasteiger partial charge on any atom is 0.121 e. The molecule has 0 heterocycles. The van der Waals surface area contributed by atoms with Crippen LogP contribution in [-0.4, -0.2) is 11.3 Å². The minimum absolute atomic E-state index is 0.440. The number of aliphatic hydroxyl groups is 1. The fourth-order valence-corrected chi connectivity index (χ4v) is 4.87. The van der Waals surface area contributed by atoms with Crippen LogP contribution in [0.3, 0.4) is 0 Å². The van der Waals surface area contributed by atoms with E-state index < -0.39 is 6.23 Å². The predicted octanol–water partition coefficient (Wildman–Crippen LogP) is 11.0. The molecule has 0 bridgehead atoms. The number of rotatable bonds is 29. The summed E-state index contributed by atoms with van der Waals surface area (Å²) in [7, 11) is 0. The van der Waals surface area contributed by atoms with Gasteiger partial charge in [-0.1, -0.05) is 174 Å². The summed E-state index contributed by atoms with van der Waals surface area (Å²) < 4.78 is 0. The van der Waals surface area contributed by atoms with Crippen LogP contribution in [-0.2, 0) is 0 Å². The van der Waals surface area contributed by atoms with Crippen LogP contribution >= 0.6 is 0 Å². The van der Waals surface area contributed by atoms with Gasteiger partial charge in [0.15, 0.2) is 0 Å².